The first-order valence-electron chi connectivity index (χ1n) is 11.2. The molecule has 0 saturated carbocycles. The first-order valence-corrected chi connectivity index (χ1v) is 11.2. The van der Waals surface area contributed by atoms with E-state index in [-0.39, 0.29) is 24.4 Å². The SMILES string of the molecule is CC1(C)O[C@H]2O[C@H]([C@H]3CC=CCN3Cc3ccccc3)[C@H](OCc3ccccc3)[C@H]2O1. The van der Waals surface area contributed by atoms with Crippen molar-refractivity contribution in [3.05, 3.63) is 83.9 Å². The summed E-state index contributed by atoms with van der Waals surface area (Å²) in [7, 11) is 0. The fourth-order valence-electron chi connectivity index (χ4n) is 4.84. The van der Waals surface area contributed by atoms with Crippen LogP contribution in [0.2, 0.25) is 0 Å². The summed E-state index contributed by atoms with van der Waals surface area (Å²) in [6.45, 7) is 6.17. The van der Waals surface area contributed by atoms with Gasteiger partial charge in [-0.05, 0) is 31.4 Å². The molecule has 5 heteroatoms. The Morgan fingerprint density at radius 2 is 1.61 bits per heavy atom. The van der Waals surface area contributed by atoms with Crippen molar-refractivity contribution < 1.29 is 18.9 Å². The second kappa shape index (κ2) is 8.85. The average Bonchev–Trinajstić information content (AvgIpc) is 3.25. The maximum absolute atomic E-state index is 6.48. The quantitative estimate of drug-likeness (QED) is 0.651. The largest absolute Gasteiger partial charge is 0.368 e. The van der Waals surface area contributed by atoms with Gasteiger partial charge in [0.15, 0.2) is 12.1 Å². The molecule has 0 N–H and O–H groups in total. The minimum Gasteiger partial charge on any atom is -0.368 e. The topological polar surface area (TPSA) is 40.2 Å². The van der Waals surface area contributed by atoms with Crippen LogP contribution in [0, 0.1) is 0 Å². The van der Waals surface area contributed by atoms with Gasteiger partial charge in [-0.2, -0.15) is 0 Å². The Kier molecular flexibility index (Phi) is 5.95. The van der Waals surface area contributed by atoms with Crippen LogP contribution < -0.4 is 0 Å². The highest BCUT2D eigenvalue weighted by Gasteiger charge is 2.57. The second-order valence-electron chi connectivity index (χ2n) is 9.02. The number of ether oxygens (including phenoxy) is 4. The van der Waals surface area contributed by atoms with Crippen LogP contribution in [0.15, 0.2) is 72.8 Å². The smallest absolute Gasteiger partial charge is 0.190 e. The standard InChI is InChI=1S/C26H31NO4/c1-26(2)30-24-23(28-18-20-13-7-4-8-14-20)22(29-25(24)31-26)21-15-9-10-16-27(21)17-19-11-5-3-6-12-19/h3-14,21-25H,15-18H2,1-2H3/t21-,22-,23+,24-,25-/m1/s1. The molecule has 2 saturated heterocycles. The molecule has 0 aliphatic carbocycles. The van der Waals surface area contributed by atoms with Gasteiger partial charge < -0.3 is 18.9 Å². The van der Waals surface area contributed by atoms with Crippen LogP contribution in [0.1, 0.15) is 31.4 Å². The van der Waals surface area contributed by atoms with Crippen molar-refractivity contribution in [3.63, 3.8) is 0 Å². The summed E-state index contributed by atoms with van der Waals surface area (Å²) >= 11 is 0. The molecule has 5 nitrogen and oxygen atoms in total. The zero-order valence-corrected chi connectivity index (χ0v) is 18.2. The van der Waals surface area contributed by atoms with Gasteiger partial charge in [-0.15, -0.1) is 0 Å². The predicted octanol–water partition coefficient (Wildman–Crippen LogP) is 4.28. The van der Waals surface area contributed by atoms with Gasteiger partial charge in [0, 0.05) is 19.1 Å². The molecule has 0 bridgehead atoms. The Hall–Kier alpha value is -2.02. The molecule has 0 spiro atoms. The van der Waals surface area contributed by atoms with Gasteiger partial charge in [0.05, 0.1) is 6.61 Å². The fourth-order valence-corrected chi connectivity index (χ4v) is 4.84. The van der Waals surface area contributed by atoms with E-state index in [4.69, 9.17) is 18.9 Å². The molecule has 0 aromatic heterocycles. The van der Waals surface area contributed by atoms with Crippen LogP contribution in [0.25, 0.3) is 0 Å². The number of fused-ring (bicyclic) bond motifs is 1. The molecule has 2 fully saturated rings. The highest BCUT2D eigenvalue weighted by molar-refractivity contribution is 5.17. The van der Waals surface area contributed by atoms with Crippen LogP contribution in [-0.4, -0.2) is 47.9 Å². The Balaban J connectivity index is 1.36. The van der Waals surface area contributed by atoms with Crippen LogP contribution in [0.5, 0.6) is 0 Å². The van der Waals surface area contributed by atoms with E-state index in [2.05, 4.69) is 59.5 Å². The summed E-state index contributed by atoms with van der Waals surface area (Å²) in [6, 6.07) is 21.1. The highest BCUT2D eigenvalue weighted by Crippen LogP contribution is 2.41. The van der Waals surface area contributed by atoms with Crippen LogP contribution in [0.4, 0.5) is 0 Å². The van der Waals surface area contributed by atoms with Crippen LogP contribution in [0.3, 0.4) is 0 Å². The third-order valence-corrected chi connectivity index (χ3v) is 6.27. The number of rotatable bonds is 6. The van der Waals surface area contributed by atoms with Crippen molar-refractivity contribution in [2.45, 2.75) is 69.9 Å². The Labute approximate surface area is 184 Å². The van der Waals surface area contributed by atoms with E-state index in [1.54, 1.807) is 0 Å². The maximum atomic E-state index is 6.48. The van der Waals surface area contributed by atoms with E-state index in [0.717, 1.165) is 25.1 Å². The summed E-state index contributed by atoms with van der Waals surface area (Å²) < 4.78 is 25.3. The number of hydrogen-bond donors (Lipinski definition) is 0. The molecule has 0 amide bonds. The van der Waals surface area contributed by atoms with Crippen molar-refractivity contribution in [1.82, 2.24) is 4.90 Å². The van der Waals surface area contributed by atoms with Crippen molar-refractivity contribution in [3.8, 4) is 0 Å². The van der Waals surface area contributed by atoms with Crippen molar-refractivity contribution in [2.24, 2.45) is 0 Å². The van der Waals surface area contributed by atoms with Crippen molar-refractivity contribution in [2.75, 3.05) is 6.54 Å². The van der Waals surface area contributed by atoms with Gasteiger partial charge >= 0.3 is 0 Å². The molecule has 0 unspecified atom stereocenters. The van der Waals surface area contributed by atoms with Gasteiger partial charge in [-0.25, -0.2) is 0 Å². The summed E-state index contributed by atoms with van der Waals surface area (Å²) in [5.74, 6) is -0.662. The summed E-state index contributed by atoms with van der Waals surface area (Å²) in [5, 5.41) is 0. The molecule has 3 aliphatic heterocycles. The van der Waals surface area contributed by atoms with E-state index in [1.807, 2.05) is 32.0 Å². The van der Waals surface area contributed by atoms with E-state index in [9.17, 15) is 0 Å². The molecule has 5 rings (SSSR count). The van der Waals surface area contributed by atoms with E-state index < -0.39 is 12.1 Å². The van der Waals surface area contributed by atoms with E-state index in [1.165, 1.54) is 5.56 Å². The molecular formula is C26H31NO4. The molecular weight excluding hydrogens is 390 g/mol. The molecule has 31 heavy (non-hydrogen) atoms. The van der Waals surface area contributed by atoms with Crippen molar-refractivity contribution >= 4 is 0 Å². The normalized spacial score (nSPS) is 32.3. The minimum atomic E-state index is -0.662. The molecule has 0 radical (unpaired) electrons. The van der Waals surface area contributed by atoms with Crippen LogP contribution in [-0.2, 0) is 32.1 Å². The van der Waals surface area contributed by atoms with E-state index >= 15 is 0 Å². The third-order valence-electron chi connectivity index (χ3n) is 6.27. The monoisotopic (exact) mass is 421 g/mol. The molecule has 164 valence electrons. The van der Waals surface area contributed by atoms with Crippen LogP contribution >= 0.6 is 0 Å². The zero-order chi connectivity index (χ0) is 21.3. The van der Waals surface area contributed by atoms with Gasteiger partial charge in [0.2, 0.25) is 0 Å². The van der Waals surface area contributed by atoms with Gasteiger partial charge in [-0.1, -0.05) is 72.8 Å². The average molecular weight is 422 g/mol. The number of hydrogen-bond acceptors (Lipinski definition) is 5. The molecule has 3 aliphatic rings. The second-order valence-corrected chi connectivity index (χ2v) is 9.02. The maximum Gasteiger partial charge on any atom is 0.190 e. The Bertz CT molecular complexity index is 885. The first-order chi connectivity index (χ1) is 15.1. The minimum absolute atomic E-state index is 0.122. The Morgan fingerprint density at radius 3 is 2.35 bits per heavy atom. The summed E-state index contributed by atoms with van der Waals surface area (Å²) in [6.07, 6.45) is 4.48. The zero-order valence-electron chi connectivity index (χ0n) is 18.2. The number of nitrogens with zero attached hydrogens (tertiary/aromatic N) is 1. The molecule has 5 atom stereocenters. The van der Waals surface area contributed by atoms with Gasteiger partial charge in [0.1, 0.15) is 18.3 Å². The number of benzene rings is 2. The third kappa shape index (κ3) is 4.61. The first kappa shape index (κ1) is 20.9. The van der Waals surface area contributed by atoms with Gasteiger partial charge in [0.25, 0.3) is 0 Å². The summed E-state index contributed by atoms with van der Waals surface area (Å²) in [4.78, 5) is 2.48. The van der Waals surface area contributed by atoms with Crippen molar-refractivity contribution in [1.29, 1.82) is 0 Å². The lowest BCUT2D eigenvalue weighted by atomic mass is 9.96. The highest BCUT2D eigenvalue weighted by atomic mass is 16.8. The lowest BCUT2D eigenvalue weighted by molar-refractivity contribution is -0.226. The van der Waals surface area contributed by atoms with E-state index in [0.29, 0.717) is 6.61 Å². The predicted molar refractivity (Wildman–Crippen MR) is 118 cm³/mol. The molecule has 3 heterocycles. The lowest BCUT2D eigenvalue weighted by Crippen LogP contribution is -2.51. The van der Waals surface area contributed by atoms with Gasteiger partial charge in [-0.3, -0.25) is 4.90 Å². The molecule has 2 aromatic rings. The fraction of sp³-hybridized carbons (Fsp3) is 0.462. The Morgan fingerprint density at radius 1 is 0.903 bits per heavy atom. The molecule has 2 aromatic carbocycles. The lowest BCUT2D eigenvalue weighted by Gasteiger charge is -2.39. The summed E-state index contributed by atoms with van der Waals surface area (Å²) in [5.41, 5.74) is 2.45.